The number of nitrogens with zero attached hydrogens (tertiary/aromatic N) is 1. The number of fused-ring (bicyclic) bond motifs is 1. The van der Waals surface area contributed by atoms with Crippen molar-refractivity contribution in [3.8, 4) is 0 Å². The lowest BCUT2D eigenvalue weighted by Crippen LogP contribution is -2.25. The SMILES string of the molecule is CCc1cccc(CC)c1NC(=O)C(C)Sc1nc2c(c(=O)[nH]1)CSC2. The van der Waals surface area contributed by atoms with Crippen molar-refractivity contribution in [2.75, 3.05) is 5.32 Å². The van der Waals surface area contributed by atoms with Gasteiger partial charge in [-0.15, -0.1) is 0 Å². The van der Waals surface area contributed by atoms with Gasteiger partial charge in [-0.1, -0.05) is 43.8 Å². The highest BCUT2D eigenvalue weighted by Crippen LogP contribution is 2.29. The molecule has 0 radical (unpaired) electrons. The summed E-state index contributed by atoms with van der Waals surface area (Å²) in [6, 6.07) is 6.12. The Labute approximate surface area is 161 Å². The molecule has 26 heavy (non-hydrogen) atoms. The van der Waals surface area contributed by atoms with E-state index in [9.17, 15) is 9.59 Å². The summed E-state index contributed by atoms with van der Waals surface area (Å²) in [5, 5.41) is 3.24. The number of H-pyrrole nitrogens is 1. The lowest BCUT2D eigenvalue weighted by Gasteiger charge is -2.17. The lowest BCUT2D eigenvalue weighted by atomic mass is 10.0. The van der Waals surface area contributed by atoms with Gasteiger partial charge in [0.1, 0.15) is 0 Å². The van der Waals surface area contributed by atoms with Crippen LogP contribution in [0.1, 0.15) is 43.2 Å². The number of hydrogen-bond acceptors (Lipinski definition) is 5. The maximum absolute atomic E-state index is 12.7. The summed E-state index contributed by atoms with van der Waals surface area (Å²) in [5.41, 5.74) is 4.72. The molecule has 1 amide bonds. The van der Waals surface area contributed by atoms with Crippen LogP contribution < -0.4 is 10.9 Å². The van der Waals surface area contributed by atoms with Gasteiger partial charge < -0.3 is 10.3 Å². The van der Waals surface area contributed by atoms with Crippen molar-refractivity contribution >= 4 is 35.1 Å². The molecule has 0 saturated heterocycles. The number of rotatable bonds is 6. The number of benzene rings is 1. The molecule has 0 saturated carbocycles. The van der Waals surface area contributed by atoms with Gasteiger partial charge in [-0.05, 0) is 30.9 Å². The topological polar surface area (TPSA) is 74.8 Å². The molecule has 0 aliphatic carbocycles. The van der Waals surface area contributed by atoms with Gasteiger partial charge in [0, 0.05) is 22.8 Å². The molecule has 7 heteroatoms. The molecular formula is C19H23N3O2S2. The number of carbonyl (C=O) groups excluding carboxylic acids is 1. The Kier molecular flexibility index (Phi) is 6.09. The summed E-state index contributed by atoms with van der Waals surface area (Å²) in [6.45, 7) is 6.00. The first-order chi connectivity index (χ1) is 12.5. The van der Waals surface area contributed by atoms with E-state index in [0.29, 0.717) is 10.9 Å². The quantitative estimate of drug-likeness (QED) is 0.581. The van der Waals surface area contributed by atoms with E-state index in [1.165, 1.54) is 11.8 Å². The van der Waals surface area contributed by atoms with Crippen LogP contribution in [0.25, 0.3) is 0 Å². The maximum atomic E-state index is 12.7. The number of anilines is 1. The minimum atomic E-state index is -0.361. The summed E-state index contributed by atoms with van der Waals surface area (Å²) in [5.74, 6) is 1.40. The van der Waals surface area contributed by atoms with Gasteiger partial charge in [0.2, 0.25) is 5.91 Å². The fourth-order valence-electron chi connectivity index (χ4n) is 2.94. The number of aryl methyl sites for hydroxylation is 2. The van der Waals surface area contributed by atoms with Crippen molar-refractivity contribution in [3.63, 3.8) is 0 Å². The van der Waals surface area contributed by atoms with Crippen molar-refractivity contribution < 1.29 is 4.79 Å². The van der Waals surface area contributed by atoms with Crippen LogP contribution in [0.5, 0.6) is 0 Å². The van der Waals surface area contributed by atoms with Crippen molar-refractivity contribution in [3.05, 3.63) is 50.9 Å². The van der Waals surface area contributed by atoms with Crippen LogP contribution in [0.2, 0.25) is 0 Å². The average Bonchev–Trinajstić information content (AvgIpc) is 3.10. The second kappa shape index (κ2) is 8.31. The molecule has 2 N–H and O–H groups in total. The first kappa shape index (κ1) is 19.0. The smallest absolute Gasteiger partial charge is 0.255 e. The number of nitrogens with one attached hydrogen (secondary N) is 2. The zero-order valence-corrected chi connectivity index (χ0v) is 16.9. The highest BCUT2D eigenvalue weighted by atomic mass is 32.2. The van der Waals surface area contributed by atoms with Crippen molar-refractivity contribution in [2.45, 2.75) is 55.5 Å². The number of para-hydroxylation sites is 1. The van der Waals surface area contributed by atoms with Gasteiger partial charge >= 0.3 is 0 Å². The third-order valence-corrected chi connectivity index (χ3v) is 6.42. The van der Waals surface area contributed by atoms with E-state index in [0.717, 1.165) is 46.7 Å². The number of hydrogen-bond donors (Lipinski definition) is 2. The van der Waals surface area contributed by atoms with Crippen LogP contribution in [0.4, 0.5) is 5.69 Å². The lowest BCUT2D eigenvalue weighted by molar-refractivity contribution is -0.115. The zero-order valence-electron chi connectivity index (χ0n) is 15.2. The molecule has 5 nitrogen and oxygen atoms in total. The third-order valence-electron chi connectivity index (χ3n) is 4.47. The van der Waals surface area contributed by atoms with Gasteiger partial charge in [-0.2, -0.15) is 11.8 Å². The largest absolute Gasteiger partial charge is 0.325 e. The summed E-state index contributed by atoms with van der Waals surface area (Å²) in [7, 11) is 0. The molecule has 1 aliphatic heterocycles. The maximum Gasteiger partial charge on any atom is 0.255 e. The third kappa shape index (κ3) is 3.99. The van der Waals surface area contributed by atoms with E-state index in [1.807, 2.05) is 25.1 Å². The second-order valence-electron chi connectivity index (χ2n) is 6.20. The molecule has 1 aromatic heterocycles. The summed E-state index contributed by atoms with van der Waals surface area (Å²) >= 11 is 2.98. The number of amides is 1. The normalized spacial score (nSPS) is 14.1. The van der Waals surface area contributed by atoms with Gasteiger partial charge in [-0.3, -0.25) is 9.59 Å². The van der Waals surface area contributed by atoms with E-state index >= 15 is 0 Å². The average molecular weight is 390 g/mol. The van der Waals surface area contributed by atoms with E-state index in [4.69, 9.17) is 0 Å². The fraction of sp³-hybridized carbons (Fsp3) is 0.421. The van der Waals surface area contributed by atoms with Crippen LogP contribution in [0.15, 0.2) is 28.2 Å². The van der Waals surface area contributed by atoms with E-state index < -0.39 is 0 Å². The Morgan fingerprint density at radius 3 is 2.65 bits per heavy atom. The van der Waals surface area contributed by atoms with E-state index in [2.05, 4.69) is 29.1 Å². The predicted molar refractivity (Wildman–Crippen MR) is 109 cm³/mol. The minimum absolute atomic E-state index is 0.0804. The molecule has 1 unspecified atom stereocenters. The molecule has 0 bridgehead atoms. The summed E-state index contributed by atoms with van der Waals surface area (Å²) in [4.78, 5) is 32.2. The minimum Gasteiger partial charge on any atom is -0.325 e. The molecule has 0 fully saturated rings. The molecule has 3 rings (SSSR count). The molecule has 0 spiro atoms. The molecule has 1 aromatic carbocycles. The van der Waals surface area contributed by atoms with Crippen molar-refractivity contribution in [1.82, 2.24) is 9.97 Å². The first-order valence-corrected chi connectivity index (χ1v) is 10.8. The van der Waals surface area contributed by atoms with Gasteiger partial charge in [0.05, 0.1) is 10.9 Å². The Morgan fingerprint density at radius 1 is 1.31 bits per heavy atom. The predicted octanol–water partition coefficient (Wildman–Crippen LogP) is 3.76. The molecule has 2 aromatic rings. The van der Waals surface area contributed by atoms with Crippen LogP contribution in [0, 0.1) is 0 Å². The Bertz CT molecular complexity index is 857. The number of aromatic amines is 1. The number of carbonyl (C=O) groups is 1. The van der Waals surface area contributed by atoms with E-state index in [-0.39, 0.29) is 16.7 Å². The highest BCUT2D eigenvalue weighted by Gasteiger charge is 2.21. The summed E-state index contributed by atoms with van der Waals surface area (Å²) < 4.78 is 0. The zero-order chi connectivity index (χ0) is 18.7. The van der Waals surface area contributed by atoms with Crippen molar-refractivity contribution in [2.24, 2.45) is 0 Å². The van der Waals surface area contributed by atoms with Crippen molar-refractivity contribution in [1.29, 1.82) is 0 Å². The summed E-state index contributed by atoms with van der Waals surface area (Å²) in [6.07, 6.45) is 1.73. The highest BCUT2D eigenvalue weighted by molar-refractivity contribution is 8.00. The van der Waals surface area contributed by atoms with Crippen LogP contribution in [-0.4, -0.2) is 21.1 Å². The second-order valence-corrected chi connectivity index (χ2v) is 8.51. The number of thioether (sulfide) groups is 2. The van der Waals surface area contributed by atoms with Crippen LogP contribution in [0.3, 0.4) is 0 Å². The van der Waals surface area contributed by atoms with Gasteiger partial charge in [-0.25, -0.2) is 4.98 Å². The molecule has 138 valence electrons. The van der Waals surface area contributed by atoms with Crippen LogP contribution in [-0.2, 0) is 29.1 Å². The number of aromatic nitrogens is 2. The standard InChI is InChI=1S/C19H23N3O2S2/c1-4-12-7-6-8-13(5-2)16(12)21-17(23)11(3)26-19-20-15-10-25-9-14(15)18(24)22-19/h6-8,11H,4-5,9-10H2,1-3H3,(H,21,23)(H,20,22,24). The van der Waals surface area contributed by atoms with Gasteiger partial charge in [0.25, 0.3) is 5.56 Å². The molecule has 1 atom stereocenters. The van der Waals surface area contributed by atoms with Gasteiger partial charge in [0.15, 0.2) is 5.16 Å². The molecule has 1 aliphatic rings. The fourth-order valence-corrected chi connectivity index (χ4v) is 4.80. The first-order valence-electron chi connectivity index (χ1n) is 8.81. The Morgan fingerprint density at radius 2 is 2.00 bits per heavy atom. The van der Waals surface area contributed by atoms with Crippen LogP contribution >= 0.6 is 23.5 Å². The Balaban J connectivity index is 1.75. The monoisotopic (exact) mass is 389 g/mol. The molecule has 2 heterocycles. The Hall–Kier alpha value is -1.73. The van der Waals surface area contributed by atoms with E-state index in [1.54, 1.807) is 11.8 Å². The molecular weight excluding hydrogens is 366 g/mol.